The highest BCUT2D eigenvalue weighted by Crippen LogP contribution is 2.35. The molecule has 0 saturated carbocycles. The molecule has 35 heavy (non-hydrogen) atoms. The van der Waals surface area contributed by atoms with Gasteiger partial charge in [0.25, 0.3) is 5.91 Å². The highest BCUT2D eigenvalue weighted by Gasteiger charge is 2.32. The number of aryl methyl sites for hydroxylation is 1. The van der Waals surface area contributed by atoms with Crippen molar-refractivity contribution in [2.75, 3.05) is 6.54 Å². The summed E-state index contributed by atoms with van der Waals surface area (Å²) in [4.78, 5) is 20.2. The molecular weight excluding hydrogens is 522 g/mol. The molecule has 0 atom stereocenters. The Balaban J connectivity index is 1.53. The number of carbonyl (C=O) groups is 1. The number of nitrogens with zero attached hydrogens (tertiary/aromatic N) is 3. The quantitative estimate of drug-likeness (QED) is 0.294. The topological polar surface area (TPSA) is 65.7 Å². The Morgan fingerprint density at radius 1 is 1.14 bits per heavy atom. The number of rotatable bonds is 7. The van der Waals surface area contributed by atoms with Crippen LogP contribution in [0.2, 0.25) is 0 Å². The van der Waals surface area contributed by atoms with Crippen LogP contribution in [0.25, 0.3) is 6.08 Å². The second-order valence-electron chi connectivity index (χ2n) is 8.04. The maximum absolute atomic E-state index is 13.1. The molecule has 176 valence electrons. The summed E-state index contributed by atoms with van der Waals surface area (Å²) in [5.74, 6) is 0.631. The minimum absolute atomic E-state index is 0.0349. The number of ether oxygens (including phenoxy) is 1. The van der Waals surface area contributed by atoms with Crippen LogP contribution >= 0.6 is 27.7 Å². The molecule has 7 heteroatoms. The fourth-order valence-corrected chi connectivity index (χ4v) is 5.06. The molecule has 0 N–H and O–H groups in total. The van der Waals surface area contributed by atoms with Gasteiger partial charge in [0, 0.05) is 12.1 Å². The highest BCUT2D eigenvalue weighted by molar-refractivity contribution is 9.10. The molecule has 0 unspecified atom stereocenters. The average Bonchev–Trinajstić information content (AvgIpc) is 3.14. The third-order valence-electron chi connectivity index (χ3n) is 5.37. The fourth-order valence-electron chi connectivity index (χ4n) is 3.53. The van der Waals surface area contributed by atoms with Crippen molar-refractivity contribution in [2.24, 2.45) is 4.99 Å². The van der Waals surface area contributed by atoms with Gasteiger partial charge in [-0.1, -0.05) is 48.9 Å². The first kappa shape index (κ1) is 24.8. The van der Waals surface area contributed by atoms with Gasteiger partial charge in [0.05, 0.1) is 26.7 Å². The summed E-state index contributed by atoms with van der Waals surface area (Å²) in [6.07, 6.45) is 2.73. The van der Waals surface area contributed by atoms with Crippen molar-refractivity contribution >= 4 is 50.5 Å². The van der Waals surface area contributed by atoms with Crippen LogP contribution in [0.1, 0.15) is 35.6 Å². The number of nitriles is 1. The van der Waals surface area contributed by atoms with Crippen molar-refractivity contribution in [3.8, 4) is 11.8 Å². The van der Waals surface area contributed by atoms with Gasteiger partial charge < -0.3 is 4.74 Å². The number of benzene rings is 3. The molecule has 0 radical (unpaired) electrons. The summed E-state index contributed by atoms with van der Waals surface area (Å²) in [5, 5.41) is 9.96. The molecule has 3 aromatic rings. The van der Waals surface area contributed by atoms with Crippen molar-refractivity contribution in [1.29, 1.82) is 5.26 Å². The van der Waals surface area contributed by atoms with Crippen LogP contribution in [0.5, 0.6) is 5.75 Å². The van der Waals surface area contributed by atoms with E-state index in [1.807, 2.05) is 80.6 Å². The summed E-state index contributed by atoms with van der Waals surface area (Å²) in [6.45, 7) is 5.00. The number of hydrogen-bond acceptors (Lipinski definition) is 5. The molecule has 1 fully saturated rings. The predicted octanol–water partition coefficient (Wildman–Crippen LogP) is 7.22. The Morgan fingerprint density at radius 3 is 2.63 bits per heavy atom. The highest BCUT2D eigenvalue weighted by atomic mass is 79.9. The molecule has 1 saturated heterocycles. The summed E-state index contributed by atoms with van der Waals surface area (Å²) >= 11 is 4.97. The van der Waals surface area contributed by atoms with E-state index in [2.05, 4.69) is 22.0 Å². The molecule has 4 rings (SSSR count). The van der Waals surface area contributed by atoms with Crippen molar-refractivity contribution in [3.63, 3.8) is 0 Å². The van der Waals surface area contributed by atoms with E-state index in [9.17, 15) is 10.1 Å². The van der Waals surface area contributed by atoms with Crippen LogP contribution in [0.4, 0.5) is 5.69 Å². The van der Waals surface area contributed by atoms with Gasteiger partial charge in [-0.05, 0) is 83.0 Å². The van der Waals surface area contributed by atoms with Crippen molar-refractivity contribution in [2.45, 2.75) is 26.9 Å². The minimum atomic E-state index is -0.0349. The average molecular weight is 546 g/mol. The van der Waals surface area contributed by atoms with Crippen LogP contribution in [-0.4, -0.2) is 22.5 Å². The van der Waals surface area contributed by atoms with Gasteiger partial charge in [0.15, 0.2) is 5.17 Å². The lowest BCUT2D eigenvalue weighted by Gasteiger charge is -2.14. The molecule has 0 bridgehead atoms. The maximum Gasteiger partial charge on any atom is 0.266 e. The van der Waals surface area contributed by atoms with Gasteiger partial charge in [-0.3, -0.25) is 9.69 Å². The van der Waals surface area contributed by atoms with E-state index in [0.717, 1.165) is 27.7 Å². The largest absolute Gasteiger partial charge is 0.488 e. The lowest BCUT2D eigenvalue weighted by atomic mass is 10.1. The Labute approximate surface area is 218 Å². The normalized spacial score (nSPS) is 15.6. The van der Waals surface area contributed by atoms with E-state index in [1.165, 1.54) is 17.3 Å². The van der Waals surface area contributed by atoms with Gasteiger partial charge in [-0.2, -0.15) is 5.26 Å². The van der Waals surface area contributed by atoms with Crippen LogP contribution in [-0.2, 0) is 11.4 Å². The fraction of sp³-hybridized carbons (Fsp3) is 0.179. The molecule has 0 aromatic heterocycles. The molecular formula is C28H24BrN3O2S. The third-order valence-corrected chi connectivity index (χ3v) is 7.00. The second kappa shape index (κ2) is 11.4. The van der Waals surface area contributed by atoms with Crippen LogP contribution in [0.3, 0.4) is 0 Å². The summed E-state index contributed by atoms with van der Waals surface area (Å²) in [6, 6.07) is 23.2. The van der Waals surface area contributed by atoms with Crippen LogP contribution in [0.15, 0.2) is 81.1 Å². The first-order valence-corrected chi connectivity index (χ1v) is 12.9. The van der Waals surface area contributed by atoms with Gasteiger partial charge >= 0.3 is 0 Å². The number of thioether (sulfide) groups is 1. The van der Waals surface area contributed by atoms with Gasteiger partial charge in [0.1, 0.15) is 12.4 Å². The number of halogens is 1. The number of amides is 1. The monoisotopic (exact) mass is 545 g/mol. The molecule has 0 aliphatic carbocycles. The first-order chi connectivity index (χ1) is 17.0. The lowest BCUT2D eigenvalue weighted by molar-refractivity contribution is -0.122. The van der Waals surface area contributed by atoms with Crippen molar-refractivity contribution in [3.05, 3.63) is 98.4 Å². The Bertz CT molecular complexity index is 1340. The molecule has 1 aliphatic heterocycles. The Hall–Kier alpha value is -3.34. The molecule has 1 amide bonds. The van der Waals surface area contributed by atoms with E-state index >= 15 is 0 Å². The Morgan fingerprint density at radius 2 is 1.91 bits per heavy atom. The zero-order chi connectivity index (χ0) is 24.8. The smallest absolute Gasteiger partial charge is 0.266 e. The van der Waals surface area contributed by atoms with Crippen molar-refractivity contribution in [1.82, 2.24) is 4.90 Å². The summed E-state index contributed by atoms with van der Waals surface area (Å²) < 4.78 is 6.71. The van der Waals surface area contributed by atoms with E-state index in [4.69, 9.17) is 9.73 Å². The van der Waals surface area contributed by atoms with E-state index in [1.54, 1.807) is 11.0 Å². The number of hydrogen-bond donors (Lipinski definition) is 0. The third kappa shape index (κ3) is 6.02. The molecule has 1 heterocycles. The summed E-state index contributed by atoms with van der Waals surface area (Å²) in [7, 11) is 0. The first-order valence-electron chi connectivity index (χ1n) is 11.3. The van der Waals surface area contributed by atoms with E-state index in [-0.39, 0.29) is 5.91 Å². The van der Waals surface area contributed by atoms with Crippen LogP contribution < -0.4 is 4.74 Å². The number of amidine groups is 1. The van der Waals surface area contributed by atoms with Gasteiger partial charge in [-0.25, -0.2) is 4.99 Å². The lowest BCUT2D eigenvalue weighted by Crippen LogP contribution is -2.29. The predicted molar refractivity (Wildman–Crippen MR) is 145 cm³/mol. The molecule has 5 nitrogen and oxygen atoms in total. The molecule has 3 aromatic carbocycles. The molecule has 0 spiro atoms. The minimum Gasteiger partial charge on any atom is -0.488 e. The van der Waals surface area contributed by atoms with Gasteiger partial charge in [-0.15, -0.1) is 0 Å². The number of carbonyl (C=O) groups excluding carboxylic acids is 1. The van der Waals surface area contributed by atoms with Gasteiger partial charge in [0.2, 0.25) is 0 Å². The van der Waals surface area contributed by atoms with Crippen molar-refractivity contribution < 1.29 is 9.53 Å². The molecule has 1 aliphatic rings. The van der Waals surface area contributed by atoms with E-state index in [0.29, 0.717) is 34.5 Å². The standard InChI is InChI=1S/C28H24BrN3O2S/c1-3-14-32-27(33)26(35-28(32)31-23-11-8-19(2)9-12-23)16-20-10-13-25(24(29)15-20)34-18-22-7-5-4-6-21(22)17-30/h4-13,15-16H,3,14,18H2,1-2H3/b26-16+,31-28?. The Kier molecular flexibility index (Phi) is 8.06. The van der Waals surface area contributed by atoms with Crippen LogP contribution in [0, 0.1) is 18.3 Å². The zero-order valence-electron chi connectivity index (χ0n) is 19.5. The number of aliphatic imine (C=N–C) groups is 1. The summed E-state index contributed by atoms with van der Waals surface area (Å²) in [5.41, 5.74) is 4.31. The maximum atomic E-state index is 13.1. The second-order valence-corrected chi connectivity index (χ2v) is 9.91. The zero-order valence-corrected chi connectivity index (χ0v) is 21.9. The SMILES string of the molecule is CCCN1C(=O)/C(=C\c2ccc(OCc3ccccc3C#N)c(Br)c2)SC1=Nc1ccc(C)cc1. The van der Waals surface area contributed by atoms with E-state index < -0.39 is 0 Å².